The monoisotopic (exact) mass is 218 g/mol. The van der Waals surface area contributed by atoms with Crippen molar-refractivity contribution in [3.05, 3.63) is 29.3 Å². The number of nitrogens with zero attached hydrogens (tertiary/aromatic N) is 1. The summed E-state index contributed by atoms with van der Waals surface area (Å²) >= 11 is 0. The van der Waals surface area contributed by atoms with Crippen molar-refractivity contribution in [2.24, 2.45) is 0 Å². The second-order valence-electron chi connectivity index (χ2n) is 4.69. The first-order chi connectivity index (χ1) is 7.74. The first-order valence-electron chi connectivity index (χ1n) is 6.28. The van der Waals surface area contributed by atoms with E-state index in [1.807, 2.05) is 7.05 Å². The Balaban J connectivity index is 2.15. The SMILES string of the molecule is CCN1CCc2cc(CC(C)NC)ccc21. The number of anilines is 1. The van der Waals surface area contributed by atoms with Crippen LogP contribution in [0.15, 0.2) is 18.2 Å². The summed E-state index contributed by atoms with van der Waals surface area (Å²) in [6.07, 6.45) is 2.33. The summed E-state index contributed by atoms with van der Waals surface area (Å²) in [4.78, 5) is 2.46. The molecular formula is C14H22N2. The van der Waals surface area contributed by atoms with Crippen LogP contribution >= 0.6 is 0 Å². The highest BCUT2D eigenvalue weighted by Gasteiger charge is 2.17. The van der Waals surface area contributed by atoms with Crippen molar-refractivity contribution >= 4 is 5.69 Å². The summed E-state index contributed by atoms with van der Waals surface area (Å²) < 4.78 is 0. The Kier molecular flexibility index (Phi) is 3.49. The fourth-order valence-electron chi connectivity index (χ4n) is 2.43. The molecule has 0 spiro atoms. The van der Waals surface area contributed by atoms with Gasteiger partial charge in [-0.1, -0.05) is 12.1 Å². The Bertz CT molecular complexity index is 360. The zero-order valence-corrected chi connectivity index (χ0v) is 10.6. The molecule has 1 N–H and O–H groups in total. The highest BCUT2D eigenvalue weighted by molar-refractivity contribution is 5.59. The maximum Gasteiger partial charge on any atom is 0.0399 e. The van der Waals surface area contributed by atoms with Gasteiger partial charge in [-0.2, -0.15) is 0 Å². The van der Waals surface area contributed by atoms with Crippen LogP contribution in [0.2, 0.25) is 0 Å². The second-order valence-corrected chi connectivity index (χ2v) is 4.69. The number of fused-ring (bicyclic) bond motifs is 1. The molecule has 0 fully saturated rings. The predicted molar refractivity (Wildman–Crippen MR) is 70.3 cm³/mol. The lowest BCUT2D eigenvalue weighted by Crippen LogP contribution is -2.23. The van der Waals surface area contributed by atoms with Crippen LogP contribution in [0.4, 0.5) is 5.69 Å². The zero-order valence-electron chi connectivity index (χ0n) is 10.6. The van der Waals surface area contributed by atoms with Gasteiger partial charge in [-0.3, -0.25) is 0 Å². The fraction of sp³-hybridized carbons (Fsp3) is 0.571. The quantitative estimate of drug-likeness (QED) is 0.833. The third-order valence-corrected chi connectivity index (χ3v) is 3.55. The summed E-state index contributed by atoms with van der Waals surface area (Å²) in [5.74, 6) is 0. The zero-order chi connectivity index (χ0) is 11.5. The molecule has 0 saturated carbocycles. The molecule has 1 aliphatic rings. The number of hydrogen-bond donors (Lipinski definition) is 1. The number of likely N-dealkylation sites (N-methyl/N-ethyl adjacent to an activating group) is 2. The third kappa shape index (κ3) is 2.22. The molecule has 2 nitrogen and oxygen atoms in total. The van der Waals surface area contributed by atoms with Gasteiger partial charge in [0.25, 0.3) is 0 Å². The highest BCUT2D eigenvalue weighted by atomic mass is 15.1. The molecule has 1 unspecified atom stereocenters. The summed E-state index contributed by atoms with van der Waals surface area (Å²) in [5.41, 5.74) is 4.43. The Morgan fingerprint density at radius 1 is 1.44 bits per heavy atom. The van der Waals surface area contributed by atoms with Gasteiger partial charge in [0, 0.05) is 24.8 Å². The lowest BCUT2D eigenvalue weighted by molar-refractivity contribution is 0.608. The molecule has 1 atom stereocenters. The Labute approximate surface area is 98.7 Å². The summed E-state index contributed by atoms with van der Waals surface area (Å²) in [6, 6.07) is 7.52. The summed E-state index contributed by atoms with van der Waals surface area (Å²) in [6.45, 7) is 6.77. The molecule has 0 bridgehead atoms. The molecule has 2 heteroatoms. The van der Waals surface area contributed by atoms with E-state index in [1.165, 1.54) is 29.8 Å². The van der Waals surface area contributed by atoms with E-state index in [0.29, 0.717) is 6.04 Å². The van der Waals surface area contributed by atoms with Crippen LogP contribution in [-0.4, -0.2) is 26.2 Å². The maximum atomic E-state index is 3.29. The highest BCUT2D eigenvalue weighted by Crippen LogP contribution is 2.28. The number of nitrogens with one attached hydrogen (secondary N) is 1. The van der Waals surface area contributed by atoms with E-state index in [-0.39, 0.29) is 0 Å². The van der Waals surface area contributed by atoms with Gasteiger partial charge >= 0.3 is 0 Å². The van der Waals surface area contributed by atoms with Gasteiger partial charge in [-0.05, 0) is 50.9 Å². The Hall–Kier alpha value is -1.02. The van der Waals surface area contributed by atoms with E-state index in [0.717, 1.165) is 13.0 Å². The van der Waals surface area contributed by atoms with Crippen molar-refractivity contribution in [3.8, 4) is 0 Å². The van der Waals surface area contributed by atoms with Crippen LogP contribution in [0.3, 0.4) is 0 Å². The van der Waals surface area contributed by atoms with E-state index in [1.54, 1.807) is 0 Å². The topological polar surface area (TPSA) is 15.3 Å². The molecule has 1 aromatic carbocycles. The van der Waals surface area contributed by atoms with E-state index in [4.69, 9.17) is 0 Å². The number of hydrogen-bond acceptors (Lipinski definition) is 2. The molecule has 0 aromatic heterocycles. The number of benzene rings is 1. The summed E-state index contributed by atoms with van der Waals surface area (Å²) in [5, 5.41) is 3.29. The van der Waals surface area contributed by atoms with Crippen molar-refractivity contribution in [2.45, 2.75) is 32.7 Å². The van der Waals surface area contributed by atoms with Crippen LogP contribution < -0.4 is 10.2 Å². The van der Waals surface area contributed by atoms with Crippen LogP contribution in [0.25, 0.3) is 0 Å². The van der Waals surface area contributed by atoms with Gasteiger partial charge in [-0.25, -0.2) is 0 Å². The van der Waals surface area contributed by atoms with Crippen LogP contribution in [0.5, 0.6) is 0 Å². The average molecular weight is 218 g/mol. The molecule has 2 rings (SSSR count). The van der Waals surface area contributed by atoms with Crippen molar-refractivity contribution < 1.29 is 0 Å². The van der Waals surface area contributed by atoms with E-state index < -0.39 is 0 Å². The van der Waals surface area contributed by atoms with Crippen molar-refractivity contribution in [1.82, 2.24) is 5.32 Å². The molecule has 0 saturated heterocycles. The molecule has 0 radical (unpaired) electrons. The lowest BCUT2D eigenvalue weighted by atomic mass is 10.0. The van der Waals surface area contributed by atoms with E-state index in [2.05, 4.69) is 42.3 Å². The Morgan fingerprint density at radius 3 is 2.94 bits per heavy atom. The molecule has 1 aliphatic heterocycles. The molecule has 0 aliphatic carbocycles. The van der Waals surface area contributed by atoms with Gasteiger partial charge in [0.2, 0.25) is 0 Å². The fourth-order valence-corrected chi connectivity index (χ4v) is 2.43. The predicted octanol–water partition coefficient (Wildman–Crippen LogP) is 2.22. The van der Waals surface area contributed by atoms with Crippen LogP contribution in [0.1, 0.15) is 25.0 Å². The second kappa shape index (κ2) is 4.88. The molecule has 16 heavy (non-hydrogen) atoms. The van der Waals surface area contributed by atoms with Gasteiger partial charge in [-0.15, -0.1) is 0 Å². The van der Waals surface area contributed by atoms with Gasteiger partial charge in [0.05, 0.1) is 0 Å². The van der Waals surface area contributed by atoms with Crippen LogP contribution in [0, 0.1) is 0 Å². The minimum Gasteiger partial charge on any atom is -0.371 e. The van der Waals surface area contributed by atoms with Gasteiger partial charge in [0.15, 0.2) is 0 Å². The van der Waals surface area contributed by atoms with Crippen LogP contribution in [-0.2, 0) is 12.8 Å². The third-order valence-electron chi connectivity index (χ3n) is 3.55. The smallest absolute Gasteiger partial charge is 0.0399 e. The van der Waals surface area contributed by atoms with Gasteiger partial charge in [0.1, 0.15) is 0 Å². The van der Waals surface area contributed by atoms with Crippen molar-refractivity contribution in [1.29, 1.82) is 0 Å². The first-order valence-corrected chi connectivity index (χ1v) is 6.28. The first kappa shape index (κ1) is 11.5. The molecular weight excluding hydrogens is 196 g/mol. The summed E-state index contributed by atoms with van der Waals surface area (Å²) in [7, 11) is 2.02. The standard InChI is InChI=1S/C14H22N2/c1-4-16-8-7-13-10-12(5-6-14(13)16)9-11(2)15-3/h5-6,10-11,15H,4,7-9H2,1-3H3. The van der Waals surface area contributed by atoms with E-state index >= 15 is 0 Å². The average Bonchev–Trinajstić information content (AvgIpc) is 2.71. The number of rotatable bonds is 4. The molecule has 88 valence electrons. The minimum atomic E-state index is 0.557. The largest absolute Gasteiger partial charge is 0.371 e. The molecule has 1 heterocycles. The maximum absolute atomic E-state index is 3.29. The normalized spacial score (nSPS) is 16.3. The lowest BCUT2D eigenvalue weighted by Gasteiger charge is -2.17. The Morgan fingerprint density at radius 2 is 2.25 bits per heavy atom. The van der Waals surface area contributed by atoms with Crippen molar-refractivity contribution in [2.75, 3.05) is 25.0 Å². The van der Waals surface area contributed by atoms with Gasteiger partial charge < -0.3 is 10.2 Å². The minimum absolute atomic E-state index is 0.557. The molecule has 0 amide bonds. The van der Waals surface area contributed by atoms with E-state index in [9.17, 15) is 0 Å². The molecule has 1 aromatic rings. The van der Waals surface area contributed by atoms with Crippen molar-refractivity contribution in [3.63, 3.8) is 0 Å².